The number of hydrogen-bond donors (Lipinski definition) is 1. The molecule has 0 unspecified atom stereocenters. The van der Waals surface area contributed by atoms with E-state index >= 15 is 0 Å². The van der Waals surface area contributed by atoms with Crippen LogP contribution in [0.4, 0.5) is 4.39 Å². The predicted molar refractivity (Wildman–Crippen MR) is 90.9 cm³/mol. The summed E-state index contributed by atoms with van der Waals surface area (Å²) in [6.07, 6.45) is 1.44. The first-order valence-electron chi connectivity index (χ1n) is 8.38. The normalized spacial score (nSPS) is 16.4. The molecule has 1 heterocycles. The van der Waals surface area contributed by atoms with Crippen molar-refractivity contribution in [3.63, 3.8) is 0 Å². The van der Waals surface area contributed by atoms with Crippen molar-refractivity contribution in [3.8, 4) is 0 Å². The predicted octanol–water partition coefficient (Wildman–Crippen LogP) is 1.08. The van der Waals surface area contributed by atoms with Crippen LogP contribution < -0.4 is 5.73 Å². The fraction of sp³-hybridized carbons (Fsp3) is 0.500. The second kappa shape index (κ2) is 8.20. The number of carbonyl (C=O) groups is 3. The van der Waals surface area contributed by atoms with Crippen molar-refractivity contribution in [2.75, 3.05) is 13.1 Å². The molecule has 1 aliphatic heterocycles. The number of benzene rings is 1. The summed E-state index contributed by atoms with van der Waals surface area (Å²) in [7, 11) is 0. The average molecular weight is 349 g/mol. The molecule has 0 aromatic heterocycles. The van der Waals surface area contributed by atoms with E-state index < -0.39 is 6.04 Å². The zero-order valence-electron chi connectivity index (χ0n) is 14.6. The SMILES string of the molecule is CC(=O)N(C(C)=O)C1CCN(C(=O)[C@@H](N)Cc2ccc(F)cc2)CC1. The van der Waals surface area contributed by atoms with Gasteiger partial charge in [0.05, 0.1) is 6.04 Å². The van der Waals surface area contributed by atoms with Crippen LogP contribution in [0.3, 0.4) is 0 Å². The summed E-state index contributed by atoms with van der Waals surface area (Å²) < 4.78 is 12.9. The number of hydrogen-bond acceptors (Lipinski definition) is 4. The van der Waals surface area contributed by atoms with E-state index in [9.17, 15) is 18.8 Å². The summed E-state index contributed by atoms with van der Waals surface area (Å²) in [4.78, 5) is 38.7. The van der Waals surface area contributed by atoms with E-state index in [0.717, 1.165) is 5.56 Å². The van der Waals surface area contributed by atoms with Gasteiger partial charge in [-0.25, -0.2) is 4.39 Å². The Morgan fingerprint density at radius 1 is 1.16 bits per heavy atom. The van der Waals surface area contributed by atoms with E-state index in [-0.39, 0.29) is 29.6 Å². The molecule has 1 aromatic carbocycles. The first-order valence-corrected chi connectivity index (χ1v) is 8.38. The molecule has 1 aromatic rings. The summed E-state index contributed by atoms with van der Waals surface area (Å²) in [6, 6.07) is 5.05. The molecule has 3 amide bonds. The maximum atomic E-state index is 12.9. The Bertz CT molecular complexity index is 625. The van der Waals surface area contributed by atoms with Crippen molar-refractivity contribution in [2.45, 2.75) is 45.2 Å². The van der Waals surface area contributed by atoms with Gasteiger partial charge in [-0.15, -0.1) is 0 Å². The molecule has 2 rings (SSSR count). The third-order valence-electron chi connectivity index (χ3n) is 4.51. The molecular formula is C18H24FN3O3. The second-order valence-electron chi connectivity index (χ2n) is 6.40. The fourth-order valence-electron chi connectivity index (χ4n) is 3.28. The minimum absolute atomic E-state index is 0.167. The number of halogens is 1. The fourth-order valence-corrected chi connectivity index (χ4v) is 3.28. The lowest BCUT2D eigenvalue weighted by Crippen LogP contribution is -2.53. The van der Waals surface area contributed by atoms with Gasteiger partial charge in [0.25, 0.3) is 0 Å². The Morgan fingerprint density at radius 3 is 2.16 bits per heavy atom. The first kappa shape index (κ1) is 19.1. The largest absolute Gasteiger partial charge is 0.341 e. The molecule has 1 saturated heterocycles. The molecule has 2 N–H and O–H groups in total. The van der Waals surface area contributed by atoms with E-state index in [0.29, 0.717) is 32.4 Å². The Morgan fingerprint density at radius 2 is 1.68 bits per heavy atom. The molecule has 0 saturated carbocycles. The quantitative estimate of drug-likeness (QED) is 0.882. The summed E-state index contributed by atoms with van der Waals surface area (Å²) >= 11 is 0. The maximum absolute atomic E-state index is 12.9. The van der Waals surface area contributed by atoms with E-state index in [1.54, 1.807) is 17.0 Å². The van der Waals surface area contributed by atoms with Crippen LogP contribution in [0.15, 0.2) is 24.3 Å². The highest BCUT2D eigenvalue weighted by molar-refractivity contribution is 5.93. The van der Waals surface area contributed by atoms with Gasteiger partial charge >= 0.3 is 0 Å². The van der Waals surface area contributed by atoms with Gasteiger partial charge in [-0.05, 0) is 37.0 Å². The molecule has 0 spiro atoms. The Kier molecular flexibility index (Phi) is 6.25. The van der Waals surface area contributed by atoms with Crippen LogP contribution in [-0.2, 0) is 20.8 Å². The van der Waals surface area contributed by atoms with Crippen LogP contribution in [0.25, 0.3) is 0 Å². The van der Waals surface area contributed by atoms with Gasteiger partial charge < -0.3 is 10.6 Å². The third kappa shape index (κ3) is 4.85. The molecule has 136 valence electrons. The van der Waals surface area contributed by atoms with Crippen molar-refractivity contribution >= 4 is 17.7 Å². The van der Waals surface area contributed by atoms with E-state index in [2.05, 4.69) is 0 Å². The van der Waals surface area contributed by atoms with Crippen LogP contribution in [0.1, 0.15) is 32.3 Å². The average Bonchev–Trinajstić information content (AvgIpc) is 2.56. The number of rotatable bonds is 4. The highest BCUT2D eigenvalue weighted by Crippen LogP contribution is 2.18. The topological polar surface area (TPSA) is 83.7 Å². The number of likely N-dealkylation sites (tertiary alicyclic amines) is 1. The Hall–Kier alpha value is -2.28. The van der Waals surface area contributed by atoms with Crippen molar-refractivity contribution in [3.05, 3.63) is 35.6 Å². The standard InChI is InChI=1S/C18H24FN3O3/c1-12(23)22(13(2)24)16-7-9-21(10-8-16)18(25)17(20)11-14-3-5-15(19)6-4-14/h3-6,16-17H,7-11,20H2,1-2H3/t17-/m0/s1. The molecule has 7 heteroatoms. The lowest BCUT2D eigenvalue weighted by molar-refractivity contribution is -0.146. The zero-order valence-corrected chi connectivity index (χ0v) is 14.6. The van der Waals surface area contributed by atoms with Crippen molar-refractivity contribution in [2.24, 2.45) is 5.73 Å². The third-order valence-corrected chi connectivity index (χ3v) is 4.51. The van der Waals surface area contributed by atoms with E-state index in [4.69, 9.17) is 5.73 Å². The summed E-state index contributed by atoms with van der Waals surface area (Å²) in [5.74, 6) is -1.04. The monoisotopic (exact) mass is 349 g/mol. The van der Waals surface area contributed by atoms with E-state index in [1.807, 2.05) is 0 Å². The highest BCUT2D eigenvalue weighted by atomic mass is 19.1. The Balaban J connectivity index is 1.90. The van der Waals surface area contributed by atoms with Crippen LogP contribution in [0.2, 0.25) is 0 Å². The smallest absolute Gasteiger partial charge is 0.239 e. The molecule has 0 radical (unpaired) electrons. The minimum Gasteiger partial charge on any atom is -0.341 e. The maximum Gasteiger partial charge on any atom is 0.239 e. The molecule has 25 heavy (non-hydrogen) atoms. The molecule has 0 aliphatic carbocycles. The van der Waals surface area contributed by atoms with Crippen LogP contribution in [0.5, 0.6) is 0 Å². The van der Waals surface area contributed by atoms with Gasteiger partial charge in [0.2, 0.25) is 17.7 Å². The molecule has 1 fully saturated rings. The van der Waals surface area contributed by atoms with Crippen LogP contribution in [0, 0.1) is 5.82 Å². The van der Waals surface area contributed by atoms with Gasteiger partial charge in [0.15, 0.2) is 0 Å². The number of nitrogens with zero attached hydrogens (tertiary/aromatic N) is 2. The lowest BCUT2D eigenvalue weighted by Gasteiger charge is -2.37. The van der Waals surface area contributed by atoms with Crippen LogP contribution in [-0.4, -0.2) is 52.7 Å². The van der Waals surface area contributed by atoms with Gasteiger partial charge in [-0.3, -0.25) is 19.3 Å². The summed E-state index contributed by atoms with van der Waals surface area (Å²) in [5, 5.41) is 0. The number of carbonyl (C=O) groups excluding carboxylic acids is 3. The van der Waals surface area contributed by atoms with Gasteiger partial charge in [0.1, 0.15) is 5.82 Å². The first-order chi connectivity index (χ1) is 11.8. The molecule has 1 aliphatic rings. The second-order valence-corrected chi connectivity index (χ2v) is 6.40. The van der Waals surface area contributed by atoms with Gasteiger partial charge in [0, 0.05) is 33.0 Å². The van der Waals surface area contributed by atoms with Crippen molar-refractivity contribution in [1.82, 2.24) is 9.80 Å². The number of nitrogens with two attached hydrogens (primary N) is 1. The molecular weight excluding hydrogens is 325 g/mol. The number of imide groups is 1. The number of piperidine rings is 1. The van der Waals surface area contributed by atoms with Gasteiger partial charge in [-0.2, -0.15) is 0 Å². The zero-order chi connectivity index (χ0) is 18.6. The summed E-state index contributed by atoms with van der Waals surface area (Å²) in [6.45, 7) is 3.66. The molecule has 6 nitrogen and oxygen atoms in total. The lowest BCUT2D eigenvalue weighted by atomic mass is 10.0. The van der Waals surface area contributed by atoms with Crippen molar-refractivity contribution in [1.29, 1.82) is 0 Å². The molecule has 1 atom stereocenters. The van der Waals surface area contributed by atoms with Crippen LogP contribution >= 0.6 is 0 Å². The van der Waals surface area contributed by atoms with Gasteiger partial charge in [-0.1, -0.05) is 12.1 Å². The minimum atomic E-state index is -0.696. The van der Waals surface area contributed by atoms with Crippen molar-refractivity contribution < 1.29 is 18.8 Å². The summed E-state index contributed by atoms with van der Waals surface area (Å²) in [5.41, 5.74) is 6.81. The highest BCUT2D eigenvalue weighted by Gasteiger charge is 2.31. The van der Waals surface area contributed by atoms with E-state index in [1.165, 1.54) is 30.9 Å². The number of amides is 3. The Labute approximate surface area is 146 Å². The molecule has 0 bridgehead atoms.